The molecule has 102 valence electrons. The number of nitrogens with one attached hydrogen (secondary N) is 1. The predicted molar refractivity (Wildman–Crippen MR) is 78.1 cm³/mol. The number of carbonyl (C=O) groups is 1. The topological polar surface area (TPSA) is 32.3 Å². The average molecular weight is 281 g/mol. The molecule has 1 atom stereocenters. The van der Waals surface area contributed by atoms with Gasteiger partial charge in [0.1, 0.15) is 0 Å². The summed E-state index contributed by atoms with van der Waals surface area (Å²) in [6.45, 7) is 8.32. The van der Waals surface area contributed by atoms with Crippen LogP contribution >= 0.6 is 24.2 Å². The Kier molecular flexibility index (Phi) is 7.52. The van der Waals surface area contributed by atoms with Crippen molar-refractivity contribution in [2.75, 3.05) is 25.9 Å². The van der Waals surface area contributed by atoms with Crippen molar-refractivity contribution in [1.29, 1.82) is 0 Å². The molecule has 0 aliphatic carbocycles. The van der Waals surface area contributed by atoms with E-state index in [2.05, 4.69) is 31.0 Å². The predicted octanol–water partition coefficient (Wildman–Crippen LogP) is 2.15. The van der Waals surface area contributed by atoms with Gasteiger partial charge in [-0.2, -0.15) is 0 Å². The standard InChI is InChI=1S/C12H24N2OS.ClH/c1-12(2,3)16-9-11(15)14-7-5-6-10(14)8-13-4;/h10,13H,5-9H2,1-4H3;1H. The molecular formula is C12H25ClN2OS. The van der Waals surface area contributed by atoms with Crippen LogP contribution in [0, 0.1) is 0 Å². The van der Waals surface area contributed by atoms with Gasteiger partial charge in [0.2, 0.25) is 5.91 Å². The monoisotopic (exact) mass is 280 g/mol. The molecule has 0 spiro atoms. The molecule has 0 radical (unpaired) electrons. The van der Waals surface area contributed by atoms with E-state index >= 15 is 0 Å². The summed E-state index contributed by atoms with van der Waals surface area (Å²) in [5.41, 5.74) is 0. The SMILES string of the molecule is CNCC1CCCN1C(=O)CSC(C)(C)C.Cl. The van der Waals surface area contributed by atoms with E-state index in [-0.39, 0.29) is 17.2 Å². The number of thioether (sulfide) groups is 1. The summed E-state index contributed by atoms with van der Waals surface area (Å²) in [5.74, 6) is 0.918. The number of nitrogens with zero attached hydrogens (tertiary/aromatic N) is 1. The van der Waals surface area contributed by atoms with Gasteiger partial charge in [0, 0.05) is 23.9 Å². The number of hydrogen-bond acceptors (Lipinski definition) is 3. The fourth-order valence-corrected chi connectivity index (χ4v) is 2.70. The molecule has 3 nitrogen and oxygen atoms in total. The van der Waals surface area contributed by atoms with E-state index in [0.29, 0.717) is 17.7 Å². The number of halogens is 1. The number of amides is 1. The van der Waals surface area contributed by atoms with E-state index in [1.807, 2.05) is 7.05 Å². The van der Waals surface area contributed by atoms with Gasteiger partial charge >= 0.3 is 0 Å². The van der Waals surface area contributed by atoms with E-state index in [9.17, 15) is 4.79 Å². The molecule has 1 amide bonds. The number of rotatable bonds is 4. The van der Waals surface area contributed by atoms with Gasteiger partial charge in [-0.3, -0.25) is 4.79 Å². The Morgan fingerprint density at radius 2 is 2.12 bits per heavy atom. The minimum Gasteiger partial charge on any atom is -0.338 e. The summed E-state index contributed by atoms with van der Waals surface area (Å²) >= 11 is 1.74. The van der Waals surface area contributed by atoms with Gasteiger partial charge in [0.25, 0.3) is 0 Å². The van der Waals surface area contributed by atoms with Crippen LogP contribution in [0.5, 0.6) is 0 Å². The summed E-state index contributed by atoms with van der Waals surface area (Å²) in [4.78, 5) is 14.1. The van der Waals surface area contributed by atoms with Crippen molar-refractivity contribution in [3.8, 4) is 0 Å². The highest BCUT2D eigenvalue weighted by atomic mass is 35.5. The lowest BCUT2D eigenvalue weighted by atomic mass is 10.2. The van der Waals surface area contributed by atoms with E-state index in [4.69, 9.17) is 0 Å². The van der Waals surface area contributed by atoms with Crippen LogP contribution in [0.4, 0.5) is 0 Å². The third kappa shape index (κ3) is 5.98. The molecule has 17 heavy (non-hydrogen) atoms. The van der Waals surface area contributed by atoms with Crippen molar-refractivity contribution in [2.45, 2.75) is 44.4 Å². The average Bonchev–Trinajstić information content (AvgIpc) is 2.62. The van der Waals surface area contributed by atoms with Gasteiger partial charge in [0.15, 0.2) is 0 Å². The van der Waals surface area contributed by atoms with Crippen LogP contribution in [0.2, 0.25) is 0 Å². The first-order valence-electron chi connectivity index (χ1n) is 6.02. The first kappa shape index (κ1) is 17.1. The molecule has 5 heteroatoms. The second kappa shape index (κ2) is 7.49. The summed E-state index contributed by atoms with van der Waals surface area (Å²) in [7, 11) is 1.95. The highest BCUT2D eigenvalue weighted by Gasteiger charge is 2.28. The Labute approximate surface area is 115 Å². The molecule has 0 aromatic rings. The number of likely N-dealkylation sites (tertiary alicyclic amines) is 1. The zero-order valence-corrected chi connectivity index (χ0v) is 12.9. The zero-order valence-electron chi connectivity index (χ0n) is 11.3. The van der Waals surface area contributed by atoms with Crippen LogP contribution in [-0.2, 0) is 4.79 Å². The second-order valence-corrected chi connectivity index (χ2v) is 7.14. The maximum atomic E-state index is 12.1. The van der Waals surface area contributed by atoms with Crippen LogP contribution in [-0.4, -0.2) is 47.5 Å². The smallest absolute Gasteiger partial charge is 0.232 e. The third-order valence-electron chi connectivity index (χ3n) is 2.77. The lowest BCUT2D eigenvalue weighted by molar-refractivity contribution is -0.129. The third-order valence-corrected chi connectivity index (χ3v) is 4.02. The fraction of sp³-hybridized carbons (Fsp3) is 0.917. The Bertz CT molecular complexity index is 243. The normalized spacial score (nSPS) is 20.2. The van der Waals surface area contributed by atoms with Gasteiger partial charge in [0.05, 0.1) is 5.75 Å². The van der Waals surface area contributed by atoms with E-state index in [0.717, 1.165) is 25.9 Å². The maximum absolute atomic E-state index is 12.1. The first-order valence-corrected chi connectivity index (χ1v) is 7.00. The molecule has 0 aromatic carbocycles. The first-order chi connectivity index (χ1) is 7.44. The summed E-state index contributed by atoms with van der Waals surface area (Å²) in [6.07, 6.45) is 2.30. The Hall–Kier alpha value is 0.0700. The van der Waals surface area contributed by atoms with Crippen molar-refractivity contribution in [1.82, 2.24) is 10.2 Å². The molecule has 1 heterocycles. The molecule has 1 unspecified atom stereocenters. The number of hydrogen-bond donors (Lipinski definition) is 1. The minimum absolute atomic E-state index is 0. The number of carbonyl (C=O) groups excluding carboxylic acids is 1. The molecule has 0 aromatic heterocycles. The number of likely N-dealkylation sites (N-methyl/N-ethyl adjacent to an activating group) is 1. The van der Waals surface area contributed by atoms with E-state index in [1.54, 1.807) is 11.8 Å². The lowest BCUT2D eigenvalue weighted by Crippen LogP contribution is -2.42. The minimum atomic E-state index is 0. The van der Waals surface area contributed by atoms with Gasteiger partial charge in [-0.15, -0.1) is 24.2 Å². The molecule has 1 saturated heterocycles. The quantitative estimate of drug-likeness (QED) is 0.856. The highest BCUT2D eigenvalue weighted by Crippen LogP contribution is 2.25. The second-order valence-electron chi connectivity index (χ2n) is 5.34. The molecule has 1 aliphatic rings. The van der Waals surface area contributed by atoms with Crippen LogP contribution in [0.1, 0.15) is 33.6 Å². The van der Waals surface area contributed by atoms with E-state index < -0.39 is 0 Å². The lowest BCUT2D eigenvalue weighted by Gasteiger charge is -2.26. The molecule has 1 aliphatic heterocycles. The summed E-state index contributed by atoms with van der Waals surface area (Å²) in [5, 5.41) is 3.17. The molecule has 1 fully saturated rings. The van der Waals surface area contributed by atoms with Crippen molar-refractivity contribution < 1.29 is 4.79 Å². The van der Waals surface area contributed by atoms with Crippen LogP contribution in [0.15, 0.2) is 0 Å². The van der Waals surface area contributed by atoms with Crippen molar-refractivity contribution in [3.63, 3.8) is 0 Å². The van der Waals surface area contributed by atoms with Gasteiger partial charge in [-0.25, -0.2) is 0 Å². The molecule has 1 rings (SSSR count). The Balaban J connectivity index is 0.00000256. The molecular weight excluding hydrogens is 256 g/mol. The Morgan fingerprint density at radius 1 is 1.47 bits per heavy atom. The van der Waals surface area contributed by atoms with Gasteiger partial charge in [-0.05, 0) is 19.9 Å². The van der Waals surface area contributed by atoms with Gasteiger partial charge < -0.3 is 10.2 Å². The molecule has 1 N–H and O–H groups in total. The van der Waals surface area contributed by atoms with Crippen LogP contribution in [0.3, 0.4) is 0 Å². The molecule has 0 saturated carbocycles. The van der Waals surface area contributed by atoms with Crippen LogP contribution in [0.25, 0.3) is 0 Å². The summed E-state index contributed by atoms with van der Waals surface area (Å²) < 4.78 is 0.174. The van der Waals surface area contributed by atoms with Crippen molar-refractivity contribution in [2.24, 2.45) is 0 Å². The largest absolute Gasteiger partial charge is 0.338 e. The Morgan fingerprint density at radius 3 is 2.65 bits per heavy atom. The highest BCUT2D eigenvalue weighted by molar-refractivity contribution is 8.01. The zero-order chi connectivity index (χ0) is 12.2. The van der Waals surface area contributed by atoms with E-state index in [1.165, 1.54) is 0 Å². The summed E-state index contributed by atoms with van der Waals surface area (Å²) in [6, 6.07) is 0.415. The maximum Gasteiger partial charge on any atom is 0.232 e. The van der Waals surface area contributed by atoms with Crippen LogP contribution < -0.4 is 5.32 Å². The van der Waals surface area contributed by atoms with Crippen molar-refractivity contribution >= 4 is 30.1 Å². The fourth-order valence-electron chi connectivity index (χ4n) is 1.97. The molecule has 0 bridgehead atoms. The van der Waals surface area contributed by atoms with Crippen molar-refractivity contribution in [3.05, 3.63) is 0 Å². The van der Waals surface area contributed by atoms with Gasteiger partial charge in [-0.1, -0.05) is 20.8 Å².